The average molecular weight is 340 g/mol. The van der Waals surface area contributed by atoms with Crippen molar-refractivity contribution in [1.82, 2.24) is 0 Å². The van der Waals surface area contributed by atoms with Gasteiger partial charge in [0, 0.05) is 0 Å². The molecule has 0 saturated heterocycles. The maximum Gasteiger partial charge on any atom is 0.197 e. The molecule has 0 heterocycles. The van der Waals surface area contributed by atoms with Crippen molar-refractivity contribution < 1.29 is 26.3 Å². The molecule has 0 aliphatic heterocycles. The summed E-state index contributed by atoms with van der Waals surface area (Å²) in [7, 11) is 0. The van der Waals surface area contributed by atoms with Gasteiger partial charge in [-0.1, -0.05) is 0 Å². The van der Waals surface area contributed by atoms with Crippen LogP contribution in [-0.4, -0.2) is 0 Å². The number of benzene rings is 2. The summed E-state index contributed by atoms with van der Waals surface area (Å²) in [5.41, 5.74) is 7.78. The van der Waals surface area contributed by atoms with Gasteiger partial charge in [0.1, 0.15) is 0 Å². The third-order valence-corrected chi connectivity index (χ3v) is 2.81. The van der Waals surface area contributed by atoms with E-state index in [-0.39, 0.29) is 0 Å². The van der Waals surface area contributed by atoms with Crippen molar-refractivity contribution in [2.75, 3.05) is 11.5 Å². The van der Waals surface area contributed by atoms with Gasteiger partial charge in [0.05, 0.1) is 22.5 Å². The summed E-state index contributed by atoms with van der Waals surface area (Å²) in [6.45, 7) is 0. The van der Waals surface area contributed by atoms with Gasteiger partial charge >= 0.3 is 0 Å². The second-order valence-electron chi connectivity index (χ2n) is 4.41. The fourth-order valence-electron chi connectivity index (χ4n) is 1.63. The third kappa shape index (κ3) is 3.08. The van der Waals surface area contributed by atoms with Crippen LogP contribution in [0.5, 0.6) is 0 Å². The Bertz CT molecular complexity index is 881. The molecule has 4 N–H and O–H groups in total. The highest BCUT2D eigenvalue weighted by Crippen LogP contribution is 2.21. The minimum absolute atomic E-state index is 0.578. The van der Waals surface area contributed by atoms with E-state index in [4.69, 9.17) is 11.5 Å². The first-order valence-electron chi connectivity index (χ1n) is 6.12. The van der Waals surface area contributed by atoms with Gasteiger partial charge in [0.15, 0.2) is 34.9 Å². The van der Waals surface area contributed by atoms with Gasteiger partial charge in [0.2, 0.25) is 0 Å². The average Bonchev–Trinajstić information content (AvgIpc) is 2.56. The Labute approximate surface area is 132 Å². The number of anilines is 2. The highest BCUT2D eigenvalue weighted by atomic mass is 19.2. The van der Waals surface area contributed by atoms with E-state index in [0.717, 1.165) is 12.1 Å². The van der Waals surface area contributed by atoms with Crippen molar-refractivity contribution in [1.29, 1.82) is 0 Å². The molecule has 0 unspecified atom stereocenters. The van der Waals surface area contributed by atoms with E-state index >= 15 is 0 Å². The molecule has 2 aromatic carbocycles. The summed E-state index contributed by atoms with van der Waals surface area (Å²) < 4.78 is 79.1. The maximum absolute atomic E-state index is 13.4. The van der Waals surface area contributed by atoms with Crippen LogP contribution in [0.2, 0.25) is 0 Å². The molecular formula is C16H6F6N2. The molecule has 2 rings (SSSR count). The molecule has 0 bridgehead atoms. The van der Waals surface area contributed by atoms with E-state index in [2.05, 4.69) is 0 Å². The lowest BCUT2D eigenvalue weighted by Crippen LogP contribution is -2.01. The van der Waals surface area contributed by atoms with E-state index in [1.165, 1.54) is 0 Å². The van der Waals surface area contributed by atoms with Crippen LogP contribution >= 0.6 is 0 Å². The van der Waals surface area contributed by atoms with Crippen LogP contribution in [0.25, 0.3) is 0 Å². The lowest BCUT2D eigenvalue weighted by molar-refractivity contribution is 0.448. The Kier molecular flexibility index (Phi) is 4.61. The van der Waals surface area contributed by atoms with Crippen molar-refractivity contribution in [3.63, 3.8) is 0 Å². The van der Waals surface area contributed by atoms with Crippen molar-refractivity contribution in [3.8, 4) is 23.7 Å². The molecule has 0 aliphatic rings. The largest absolute Gasteiger partial charge is 0.396 e. The first-order chi connectivity index (χ1) is 11.2. The zero-order chi connectivity index (χ0) is 18.0. The fraction of sp³-hybridized carbons (Fsp3) is 0. The van der Waals surface area contributed by atoms with Crippen molar-refractivity contribution in [2.24, 2.45) is 0 Å². The van der Waals surface area contributed by atoms with E-state index in [9.17, 15) is 26.3 Å². The zero-order valence-corrected chi connectivity index (χ0v) is 11.6. The summed E-state index contributed by atoms with van der Waals surface area (Å²) in [6, 6.07) is 1.50. The molecule has 0 amide bonds. The van der Waals surface area contributed by atoms with E-state index < -0.39 is 57.4 Å². The zero-order valence-electron chi connectivity index (χ0n) is 11.6. The fourth-order valence-corrected chi connectivity index (χ4v) is 1.63. The summed E-state index contributed by atoms with van der Waals surface area (Å²) in [5.74, 6) is -1.70. The number of hydrogen-bond acceptors (Lipinski definition) is 2. The van der Waals surface area contributed by atoms with Crippen LogP contribution in [0.15, 0.2) is 12.1 Å². The molecule has 0 spiro atoms. The molecule has 2 aromatic rings. The van der Waals surface area contributed by atoms with E-state index in [0.29, 0.717) is 0 Å². The number of halogens is 6. The number of rotatable bonds is 0. The number of hydrogen-bond donors (Lipinski definition) is 2. The Morgan fingerprint density at radius 1 is 0.542 bits per heavy atom. The predicted molar refractivity (Wildman–Crippen MR) is 75.2 cm³/mol. The molecule has 0 saturated carbocycles. The molecule has 122 valence electrons. The smallest absolute Gasteiger partial charge is 0.197 e. The standard InChI is InChI=1S/C16H6F6N2/c17-11-7(5-9(23)13(19)15(11)21)3-1-2-4-8-6-10(24)14(20)16(22)12(8)18/h5-6H,23-24H2. The molecule has 0 aliphatic carbocycles. The Morgan fingerprint density at radius 3 is 1.21 bits per heavy atom. The van der Waals surface area contributed by atoms with Crippen LogP contribution in [0.4, 0.5) is 37.7 Å². The SMILES string of the molecule is Nc1cc(C#CC#Cc2cc(N)c(F)c(F)c2F)c(F)c(F)c1F. The van der Waals surface area contributed by atoms with Crippen LogP contribution in [0.1, 0.15) is 11.1 Å². The van der Waals surface area contributed by atoms with Gasteiger partial charge in [-0.3, -0.25) is 0 Å². The van der Waals surface area contributed by atoms with Crippen LogP contribution in [-0.2, 0) is 0 Å². The Morgan fingerprint density at radius 2 is 0.875 bits per heavy atom. The topological polar surface area (TPSA) is 52.0 Å². The third-order valence-electron chi connectivity index (χ3n) is 2.81. The molecule has 0 fully saturated rings. The quantitative estimate of drug-likeness (QED) is 0.335. The van der Waals surface area contributed by atoms with Gasteiger partial charge < -0.3 is 11.5 Å². The van der Waals surface area contributed by atoms with Crippen LogP contribution in [0.3, 0.4) is 0 Å². The van der Waals surface area contributed by atoms with Gasteiger partial charge in [-0.2, -0.15) is 0 Å². The molecule has 8 heteroatoms. The molecule has 0 radical (unpaired) electrons. The van der Waals surface area contributed by atoms with Crippen molar-refractivity contribution >= 4 is 11.4 Å². The molecule has 24 heavy (non-hydrogen) atoms. The first-order valence-corrected chi connectivity index (χ1v) is 6.12. The van der Waals surface area contributed by atoms with Crippen molar-refractivity contribution in [3.05, 3.63) is 58.2 Å². The lowest BCUT2D eigenvalue weighted by atomic mass is 10.1. The summed E-state index contributed by atoms with van der Waals surface area (Å²) in [5, 5.41) is 0. The summed E-state index contributed by atoms with van der Waals surface area (Å²) >= 11 is 0. The number of nitrogen functional groups attached to an aromatic ring is 2. The molecular weight excluding hydrogens is 334 g/mol. The minimum atomic E-state index is -1.80. The van der Waals surface area contributed by atoms with E-state index in [1.807, 2.05) is 23.7 Å². The normalized spacial score (nSPS) is 9.75. The highest BCUT2D eigenvalue weighted by molar-refractivity contribution is 5.54. The Hall–Kier alpha value is -3.26. The van der Waals surface area contributed by atoms with Gasteiger partial charge in [0.25, 0.3) is 0 Å². The van der Waals surface area contributed by atoms with E-state index in [1.54, 1.807) is 0 Å². The molecule has 2 nitrogen and oxygen atoms in total. The van der Waals surface area contributed by atoms with Crippen LogP contribution < -0.4 is 11.5 Å². The Balaban J connectivity index is 2.40. The number of nitrogens with two attached hydrogens (primary N) is 2. The highest BCUT2D eigenvalue weighted by Gasteiger charge is 2.16. The lowest BCUT2D eigenvalue weighted by Gasteiger charge is -2.01. The minimum Gasteiger partial charge on any atom is -0.396 e. The summed E-state index contributed by atoms with van der Waals surface area (Å²) in [6.07, 6.45) is 0. The molecule has 0 aromatic heterocycles. The van der Waals surface area contributed by atoms with Crippen LogP contribution in [0, 0.1) is 58.6 Å². The van der Waals surface area contributed by atoms with Crippen molar-refractivity contribution in [2.45, 2.75) is 0 Å². The maximum atomic E-state index is 13.4. The van der Waals surface area contributed by atoms with Gasteiger partial charge in [-0.05, 0) is 35.8 Å². The van der Waals surface area contributed by atoms with Gasteiger partial charge in [-0.25, -0.2) is 26.3 Å². The van der Waals surface area contributed by atoms with Gasteiger partial charge in [-0.15, -0.1) is 0 Å². The summed E-state index contributed by atoms with van der Waals surface area (Å²) in [4.78, 5) is 0. The second-order valence-corrected chi connectivity index (χ2v) is 4.41. The second kappa shape index (κ2) is 6.47. The monoisotopic (exact) mass is 340 g/mol. The first kappa shape index (κ1) is 17.1. The predicted octanol–water partition coefficient (Wildman–Crippen LogP) is 3.09. The molecule has 0 atom stereocenters.